The molecule has 33 heavy (non-hydrogen) atoms. The molecule has 5 heteroatoms. The van der Waals surface area contributed by atoms with Gasteiger partial charge in [-0.05, 0) is 90.4 Å². The molecule has 4 N–H and O–H groups in total. The summed E-state index contributed by atoms with van der Waals surface area (Å²) in [6.45, 7) is 14.6. The molecule has 4 rings (SSSR count). The van der Waals surface area contributed by atoms with Gasteiger partial charge in [-0.15, -0.1) is 0 Å². The number of aliphatic hydroxyl groups excluding tert-OH is 4. The zero-order valence-corrected chi connectivity index (χ0v) is 21.2. The number of Topliss-reactive ketones (excluding diaryl/α,β-unsaturated/α-hetero) is 1. The van der Waals surface area contributed by atoms with E-state index in [0.717, 1.165) is 25.7 Å². The minimum atomic E-state index is -0.912. The average Bonchev–Trinajstić information content (AvgIpc) is 3.10. The van der Waals surface area contributed by atoms with Gasteiger partial charge in [-0.1, -0.05) is 41.2 Å². The third-order valence-electron chi connectivity index (χ3n) is 11.2. The summed E-state index contributed by atoms with van der Waals surface area (Å²) < 4.78 is 0. The maximum atomic E-state index is 13.3. The van der Waals surface area contributed by atoms with E-state index in [2.05, 4.69) is 27.4 Å². The highest BCUT2D eigenvalue weighted by molar-refractivity contribution is 5.83. The van der Waals surface area contributed by atoms with Crippen LogP contribution in [0.15, 0.2) is 12.2 Å². The van der Waals surface area contributed by atoms with Crippen LogP contribution in [0, 0.1) is 52.3 Å². The van der Waals surface area contributed by atoms with E-state index in [1.807, 2.05) is 13.8 Å². The Bertz CT molecular complexity index is 778. The predicted octanol–water partition coefficient (Wildman–Crippen LogP) is 3.73. The number of hydrogen-bond donors (Lipinski definition) is 4. The molecule has 0 heterocycles. The van der Waals surface area contributed by atoms with Gasteiger partial charge in [0.2, 0.25) is 0 Å². The molecule has 0 unspecified atom stereocenters. The Labute approximate surface area is 199 Å². The lowest BCUT2D eigenvalue weighted by Crippen LogP contribution is -2.59. The first-order chi connectivity index (χ1) is 15.3. The zero-order chi connectivity index (χ0) is 24.5. The second-order valence-corrected chi connectivity index (χ2v) is 12.9. The molecule has 0 aromatic heterocycles. The molecular weight excluding hydrogens is 416 g/mol. The normalized spacial score (nSPS) is 47.9. The van der Waals surface area contributed by atoms with Crippen molar-refractivity contribution in [2.45, 2.75) is 104 Å². The van der Waals surface area contributed by atoms with Gasteiger partial charge < -0.3 is 20.4 Å². The first kappa shape index (κ1) is 25.3. The van der Waals surface area contributed by atoms with Crippen molar-refractivity contribution in [2.75, 3.05) is 0 Å². The number of carbonyl (C=O) groups is 1. The molecule has 0 saturated heterocycles. The molecule has 0 aromatic carbocycles. The fraction of sp³-hybridized carbons (Fsp3) is 0.893. The highest BCUT2D eigenvalue weighted by Crippen LogP contribution is 2.67. The lowest BCUT2D eigenvalue weighted by atomic mass is 9.44. The highest BCUT2D eigenvalue weighted by atomic mass is 16.3. The van der Waals surface area contributed by atoms with Gasteiger partial charge in [0.15, 0.2) is 0 Å². The van der Waals surface area contributed by atoms with Crippen molar-refractivity contribution in [3.63, 3.8) is 0 Å². The van der Waals surface area contributed by atoms with Crippen LogP contribution in [0.2, 0.25) is 0 Å². The Morgan fingerprint density at radius 2 is 1.64 bits per heavy atom. The van der Waals surface area contributed by atoms with Crippen molar-refractivity contribution in [2.24, 2.45) is 52.3 Å². The Kier molecular flexibility index (Phi) is 6.70. The Balaban J connectivity index is 1.56. The topological polar surface area (TPSA) is 98.0 Å². The van der Waals surface area contributed by atoms with Crippen LogP contribution in [0.3, 0.4) is 0 Å². The number of rotatable bonds is 5. The summed E-state index contributed by atoms with van der Waals surface area (Å²) in [5.41, 5.74) is 0.484. The van der Waals surface area contributed by atoms with E-state index >= 15 is 0 Å². The molecule has 4 aliphatic rings. The third-order valence-corrected chi connectivity index (χ3v) is 11.2. The van der Waals surface area contributed by atoms with Crippen molar-refractivity contribution >= 4 is 5.78 Å². The van der Waals surface area contributed by atoms with Crippen LogP contribution in [0.4, 0.5) is 0 Å². The van der Waals surface area contributed by atoms with Gasteiger partial charge in [-0.25, -0.2) is 0 Å². The van der Waals surface area contributed by atoms with E-state index in [9.17, 15) is 25.2 Å². The minimum Gasteiger partial charge on any atom is -0.390 e. The van der Waals surface area contributed by atoms with E-state index in [1.165, 1.54) is 0 Å². The highest BCUT2D eigenvalue weighted by Gasteiger charge is 2.63. The summed E-state index contributed by atoms with van der Waals surface area (Å²) in [7, 11) is 0. The van der Waals surface area contributed by atoms with Gasteiger partial charge in [0.1, 0.15) is 11.9 Å². The first-order valence-corrected chi connectivity index (χ1v) is 13.3. The van der Waals surface area contributed by atoms with Crippen molar-refractivity contribution in [1.82, 2.24) is 0 Å². The Hall–Kier alpha value is -0.750. The number of hydrogen-bond acceptors (Lipinski definition) is 5. The monoisotopic (exact) mass is 462 g/mol. The van der Waals surface area contributed by atoms with Crippen LogP contribution in [-0.4, -0.2) is 50.6 Å². The molecule has 12 atom stereocenters. The molecule has 0 aliphatic heterocycles. The van der Waals surface area contributed by atoms with Crippen molar-refractivity contribution in [3.05, 3.63) is 12.2 Å². The van der Waals surface area contributed by atoms with Gasteiger partial charge in [-0.3, -0.25) is 4.79 Å². The molecular formula is C28H46O5. The standard InChI is InChI=1S/C28H46O5/c1-14(2)15(3)25(32)26(33)16(4)18-7-8-19-17-11-22(29)21-12-23(30)24(31)13-28(21,6)20(17)9-10-27(18,19)5/h14,16-21,23-26,30-33H,3,7-13H2,1-2,4-6H3/t16-,17-,18+,19-,20-,21+,23-,24+,25+,26+,27-,28+/m0/s1. The third kappa shape index (κ3) is 3.86. The summed E-state index contributed by atoms with van der Waals surface area (Å²) in [4.78, 5) is 13.3. The quantitative estimate of drug-likeness (QED) is 0.467. The first-order valence-electron chi connectivity index (χ1n) is 13.3. The summed E-state index contributed by atoms with van der Waals surface area (Å²) in [5.74, 6) is 1.63. The molecule has 4 saturated carbocycles. The molecule has 4 aliphatic carbocycles. The molecule has 0 bridgehead atoms. The SMILES string of the molecule is C=C(C(C)C)[C@@H](O)[C@H](O)[C@@H](C)[C@H]1CC[C@H]2[C@@H]3CC(=O)[C@H]4C[C@H](O)[C@H](O)C[C@]4(C)[C@H]3CC[C@@]12C. The molecule has 4 fully saturated rings. The maximum absolute atomic E-state index is 13.3. The largest absolute Gasteiger partial charge is 0.390 e. The number of ketones is 1. The van der Waals surface area contributed by atoms with Gasteiger partial charge in [0.25, 0.3) is 0 Å². The number of carbonyl (C=O) groups excluding carboxylic acids is 1. The van der Waals surface area contributed by atoms with E-state index in [1.54, 1.807) is 0 Å². The van der Waals surface area contributed by atoms with E-state index in [0.29, 0.717) is 48.5 Å². The van der Waals surface area contributed by atoms with Crippen LogP contribution < -0.4 is 0 Å². The van der Waals surface area contributed by atoms with Crippen LogP contribution in [-0.2, 0) is 4.79 Å². The fourth-order valence-electron chi connectivity index (χ4n) is 9.06. The number of aliphatic hydroxyl groups is 4. The Morgan fingerprint density at radius 3 is 2.27 bits per heavy atom. The summed E-state index contributed by atoms with van der Waals surface area (Å²) in [5, 5.41) is 42.6. The lowest BCUT2D eigenvalue weighted by molar-refractivity contribution is -0.174. The van der Waals surface area contributed by atoms with Crippen LogP contribution in [0.5, 0.6) is 0 Å². The summed E-state index contributed by atoms with van der Waals surface area (Å²) in [6.07, 6.45) is 2.37. The molecule has 0 amide bonds. The van der Waals surface area contributed by atoms with Crippen molar-refractivity contribution in [1.29, 1.82) is 0 Å². The van der Waals surface area contributed by atoms with Crippen molar-refractivity contribution in [3.8, 4) is 0 Å². The van der Waals surface area contributed by atoms with Crippen LogP contribution in [0.1, 0.15) is 79.6 Å². The smallest absolute Gasteiger partial charge is 0.136 e. The number of fused-ring (bicyclic) bond motifs is 5. The van der Waals surface area contributed by atoms with E-state index in [4.69, 9.17) is 0 Å². The molecule has 188 valence electrons. The van der Waals surface area contributed by atoms with E-state index in [-0.39, 0.29) is 34.4 Å². The minimum absolute atomic E-state index is 0.0384. The molecule has 0 aromatic rings. The van der Waals surface area contributed by atoms with Crippen molar-refractivity contribution < 1.29 is 25.2 Å². The second kappa shape index (κ2) is 8.72. The fourth-order valence-corrected chi connectivity index (χ4v) is 9.06. The van der Waals surface area contributed by atoms with Gasteiger partial charge in [0.05, 0.1) is 18.3 Å². The van der Waals surface area contributed by atoms with Crippen LogP contribution >= 0.6 is 0 Å². The van der Waals surface area contributed by atoms with Gasteiger partial charge >= 0.3 is 0 Å². The van der Waals surface area contributed by atoms with Gasteiger partial charge in [0, 0.05) is 12.3 Å². The van der Waals surface area contributed by atoms with Crippen LogP contribution in [0.25, 0.3) is 0 Å². The predicted molar refractivity (Wildman–Crippen MR) is 128 cm³/mol. The molecule has 0 radical (unpaired) electrons. The molecule has 0 spiro atoms. The second-order valence-electron chi connectivity index (χ2n) is 12.9. The van der Waals surface area contributed by atoms with E-state index < -0.39 is 24.4 Å². The Morgan fingerprint density at radius 1 is 1.00 bits per heavy atom. The van der Waals surface area contributed by atoms with Gasteiger partial charge in [-0.2, -0.15) is 0 Å². The summed E-state index contributed by atoms with van der Waals surface area (Å²) in [6, 6.07) is 0. The maximum Gasteiger partial charge on any atom is 0.136 e. The zero-order valence-electron chi connectivity index (χ0n) is 21.2. The molecule has 5 nitrogen and oxygen atoms in total. The summed E-state index contributed by atoms with van der Waals surface area (Å²) >= 11 is 0. The lowest BCUT2D eigenvalue weighted by Gasteiger charge is -2.61. The average molecular weight is 463 g/mol.